The summed E-state index contributed by atoms with van der Waals surface area (Å²) in [5.41, 5.74) is 1.67. The highest BCUT2D eigenvalue weighted by Crippen LogP contribution is 2.30. The van der Waals surface area contributed by atoms with Gasteiger partial charge in [0.2, 0.25) is 0 Å². The summed E-state index contributed by atoms with van der Waals surface area (Å²) in [5.74, 6) is 1.16. The van der Waals surface area contributed by atoms with Crippen LogP contribution in [0.25, 0.3) is 0 Å². The molecule has 5 heteroatoms. The van der Waals surface area contributed by atoms with E-state index in [0.717, 1.165) is 5.56 Å². The molecule has 1 fully saturated rings. The minimum atomic E-state index is -0.0134. The van der Waals surface area contributed by atoms with E-state index in [1.54, 1.807) is 25.3 Å². The van der Waals surface area contributed by atoms with Crippen LogP contribution in [-0.2, 0) is 11.3 Å². The molecular formula is C21H25NO4. The Morgan fingerprint density at radius 1 is 1.15 bits per heavy atom. The molecule has 2 aromatic rings. The van der Waals surface area contributed by atoms with Gasteiger partial charge in [-0.1, -0.05) is 30.3 Å². The summed E-state index contributed by atoms with van der Waals surface area (Å²) >= 11 is 0. The molecule has 2 atom stereocenters. The summed E-state index contributed by atoms with van der Waals surface area (Å²) in [6.45, 7) is 5.57. The lowest BCUT2D eigenvalue weighted by Gasteiger charge is -2.36. The third kappa shape index (κ3) is 4.17. The van der Waals surface area contributed by atoms with Crippen LogP contribution >= 0.6 is 0 Å². The maximum atomic E-state index is 12.9. The van der Waals surface area contributed by atoms with E-state index in [9.17, 15) is 4.79 Å². The number of carbonyl (C=O) groups excluding carboxylic acids is 1. The summed E-state index contributed by atoms with van der Waals surface area (Å²) in [6, 6.07) is 15.3. The van der Waals surface area contributed by atoms with Gasteiger partial charge in [0.1, 0.15) is 6.61 Å². The van der Waals surface area contributed by atoms with Gasteiger partial charge in [0.05, 0.1) is 25.9 Å². The molecule has 1 heterocycles. The lowest BCUT2D eigenvalue weighted by atomic mass is 10.1. The van der Waals surface area contributed by atoms with Crippen molar-refractivity contribution in [2.24, 2.45) is 0 Å². The van der Waals surface area contributed by atoms with Gasteiger partial charge in [-0.15, -0.1) is 0 Å². The van der Waals surface area contributed by atoms with Crippen LogP contribution in [0.15, 0.2) is 48.5 Å². The van der Waals surface area contributed by atoms with Crippen molar-refractivity contribution in [1.29, 1.82) is 0 Å². The molecule has 0 spiro atoms. The topological polar surface area (TPSA) is 48.0 Å². The Morgan fingerprint density at radius 3 is 2.65 bits per heavy atom. The van der Waals surface area contributed by atoms with E-state index in [1.165, 1.54) is 0 Å². The zero-order valence-corrected chi connectivity index (χ0v) is 15.5. The van der Waals surface area contributed by atoms with E-state index in [4.69, 9.17) is 14.2 Å². The van der Waals surface area contributed by atoms with Crippen LogP contribution in [0.3, 0.4) is 0 Å². The van der Waals surface area contributed by atoms with E-state index in [0.29, 0.717) is 36.8 Å². The number of benzene rings is 2. The maximum absolute atomic E-state index is 12.9. The van der Waals surface area contributed by atoms with Crippen LogP contribution in [0, 0.1) is 0 Å². The monoisotopic (exact) mass is 355 g/mol. The van der Waals surface area contributed by atoms with Crippen LogP contribution in [0.1, 0.15) is 29.8 Å². The first-order chi connectivity index (χ1) is 12.6. The van der Waals surface area contributed by atoms with E-state index in [-0.39, 0.29) is 18.1 Å². The Labute approximate surface area is 154 Å². The first kappa shape index (κ1) is 18.3. The number of hydrogen-bond donors (Lipinski definition) is 0. The van der Waals surface area contributed by atoms with Gasteiger partial charge in [-0.2, -0.15) is 0 Å². The number of morpholine rings is 1. The molecule has 26 heavy (non-hydrogen) atoms. The second-order valence-electron chi connectivity index (χ2n) is 6.59. The van der Waals surface area contributed by atoms with Crippen molar-refractivity contribution in [1.82, 2.24) is 4.90 Å². The minimum absolute atomic E-state index is 0.0134. The smallest absolute Gasteiger partial charge is 0.254 e. The Kier molecular flexibility index (Phi) is 5.78. The maximum Gasteiger partial charge on any atom is 0.254 e. The zero-order valence-electron chi connectivity index (χ0n) is 15.5. The largest absolute Gasteiger partial charge is 0.493 e. The minimum Gasteiger partial charge on any atom is -0.493 e. The van der Waals surface area contributed by atoms with Gasteiger partial charge in [-0.05, 0) is 37.6 Å². The first-order valence-electron chi connectivity index (χ1n) is 8.86. The lowest BCUT2D eigenvalue weighted by molar-refractivity contribution is -0.0387. The molecule has 0 bridgehead atoms. The van der Waals surface area contributed by atoms with Crippen molar-refractivity contribution in [3.8, 4) is 11.5 Å². The van der Waals surface area contributed by atoms with E-state index in [2.05, 4.69) is 0 Å². The molecule has 138 valence electrons. The number of hydrogen-bond acceptors (Lipinski definition) is 4. The van der Waals surface area contributed by atoms with E-state index >= 15 is 0 Å². The van der Waals surface area contributed by atoms with Crippen molar-refractivity contribution in [3.63, 3.8) is 0 Å². The molecule has 2 aromatic carbocycles. The standard InChI is InChI=1S/C21H25NO4/c1-15-13-25-16(2)12-22(15)21(23)18-9-10-19(20(11-18)24-3)26-14-17-7-5-4-6-8-17/h4-11,15-16H,12-14H2,1-3H3. The Balaban J connectivity index is 1.74. The van der Waals surface area contributed by atoms with Gasteiger partial charge >= 0.3 is 0 Å². The van der Waals surface area contributed by atoms with E-state index in [1.807, 2.05) is 49.1 Å². The summed E-state index contributed by atoms with van der Waals surface area (Å²) < 4.78 is 16.9. The molecule has 5 nitrogen and oxygen atoms in total. The summed E-state index contributed by atoms with van der Waals surface area (Å²) in [5, 5.41) is 0. The molecule has 0 aliphatic carbocycles. The number of ether oxygens (including phenoxy) is 3. The second kappa shape index (κ2) is 8.23. The molecule has 0 saturated carbocycles. The third-order valence-electron chi connectivity index (χ3n) is 4.52. The molecule has 2 unspecified atom stereocenters. The Hall–Kier alpha value is -2.53. The summed E-state index contributed by atoms with van der Waals surface area (Å²) in [4.78, 5) is 14.7. The Bertz CT molecular complexity index is 747. The normalized spacial score (nSPS) is 19.9. The molecule has 1 saturated heterocycles. The van der Waals surface area contributed by atoms with Gasteiger partial charge in [0.15, 0.2) is 11.5 Å². The first-order valence-corrected chi connectivity index (χ1v) is 8.86. The number of methoxy groups -OCH3 is 1. The van der Waals surface area contributed by atoms with Gasteiger partial charge in [0.25, 0.3) is 5.91 Å². The molecule has 1 amide bonds. The average molecular weight is 355 g/mol. The average Bonchev–Trinajstić information content (AvgIpc) is 2.68. The summed E-state index contributed by atoms with van der Waals surface area (Å²) in [6.07, 6.45) is 0.0468. The van der Waals surface area contributed by atoms with Crippen molar-refractivity contribution in [2.75, 3.05) is 20.3 Å². The highest BCUT2D eigenvalue weighted by atomic mass is 16.5. The number of amides is 1. The Morgan fingerprint density at radius 2 is 1.92 bits per heavy atom. The fourth-order valence-corrected chi connectivity index (χ4v) is 3.01. The molecule has 1 aliphatic heterocycles. The van der Waals surface area contributed by atoms with Crippen LogP contribution in [-0.4, -0.2) is 43.2 Å². The van der Waals surface area contributed by atoms with Crippen molar-refractivity contribution in [2.45, 2.75) is 32.6 Å². The van der Waals surface area contributed by atoms with Gasteiger partial charge in [-0.25, -0.2) is 0 Å². The van der Waals surface area contributed by atoms with Gasteiger partial charge in [0, 0.05) is 12.1 Å². The van der Waals surface area contributed by atoms with Crippen molar-refractivity contribution < 1.29 is 19.0 Å². The van der Waals surface area contributed by atoms with Gasteiger partial charge in [-0.3, -0.25) is 4.79 Å². The highest BCUT2D eigenvalue weighted by molar-refractivity contribution is 5.95. The predicted octanol–water partition coefficient (Wildman–Crippen LogP) is 3.52. The molecular weight excluding hydrogens is 330 g/mol. The number of carbonyl (C=O) groups is 1. The van der Waals surface area contributed by atoms with Crippen LogP contribution < -0.4 is 9.47 Å². The predicted molar refractivity (Wildman–Crippen MR) is 99.7 cm³/mol. The van der Waals surface area contributed by atoms with Crippen molar-refractivity contribution >= 4 is 5.91 Å². The van der Waals surface area contributed by atoms with Gasteiger partial charge < -0.3 is 19.1 Å². The fraction of sp³-hybridized carbons (Fsp3) is 0.381. The molecule has 0 aromatic heterocycles. The second-order valence-corrected chi connectivity index (χ2v) is 6.59. The van der Waals surface area contributed by atoms with E-state index < -0.39 is 0 Å². The molecule has 0 N–H and O–H groups in total. The zero-order chi connectivity index (χ0) is 18.5. The molecule has 3 rings (SSSR count). The molecule has 1 aliphatic rings. The number of nitrogens with zero attached hydrogens (tertiary/aromatic N) is 1. The molecule has 0 radical (unpaired) electrons. The quantitative estimate of drug-likeness (QED) is 0.823. The SMILES string of the molecule is COc1cc(C(=O)N2CC(C)OCC2C)ccc1OCc1ccccc1. The number of rotatable bonds is 5. The third-order valence-corrected chi connectivity index (χ3v) is 4.52. The fourth-order valence-electron chi connectivity index (χ4n) is 3.01. The van der Waals surface area contributed by atoms with Crippen LogP contribution in [0.5, 0.6) is 11.5 Å². The van der Waals surface area contributed by atoms with Crippen molar-refractivity contribution in [3.05, 3.63) is 59.7 Å². The lowest BCUT2D eigenvalue weighted by Crippen LogP contribution is -2.50. The highest BCUT2D eigenvalue weighted by Gasteiger charge is 2.28. The summed E-state index contributed by atoms with van der Waals surface area (Å²) in [7, 11) is 1.58. The van der Waals surface area contributed by atoms with Crippen LogP contribution in [0.4, 0.5) is 0 Å². The van der Waals surface area contributed by atoms with Crippen LogP contribution in [0.2, 0.25) is 0 Å².